The summed E-state index contributed by atoms with van der Waals surface area (Å²) < 4.78 is 11.3. The molecule has 0 spiro atoms. The number of hydrogen-bond donors (Lipinski definition) is 2. The first-order valence-electron chi connectivity index (χ1n) is 12.0. The molecule has 7 nitrogen and oxygen atoms in total. The molecule has 0 amide bonds. The number of ether oxygens (including phenoxy) is 2. The molecule has 8 heteroatoms. The summed E-state index contributed by atoms with van der Waals surface area (Å²) in [5, 5.41) is 7.04. The topological polar surface area (TPSA) is 71.0 Å². The summed E-state index contributed by atoms with van der Waals surface area (Å²) in [5.74, 6) is 2.42. The van der Waals surface area contributed by atoms with Gasteiger partial charge in [0.15, 0.2) is 5.96 Å². The van der Waals surface area contributed by atoms with Crippen LogP contribution in [0.2, 0.25) is 0 Å². The second-order valence-corrected chi connectivity index (χ2v) is 9.03. The summed E-state index contributed by atoms with van der Waals surface area (Å²) in [6, 6.07) is 4.56. The van der Waals surface area contributed by atoms with Crippen LogP contribution in [0.1, 0.15) is 57.4 Å². The molecule has 1 aromatic heterocycles. The molecule has 2 fully saturated rings. The molecule has 0 radical (unpaired) electrons. The fraction of sp³-hybridized carbons (Fsp3) is 0.750. The predicted molar refractivity (Wildman–Crippen MR) is 141 cm³/mol. The first-order valence-corrected chi connectivity index (χ1v) is 12.0. The molecule has 0 bridgehead atoms. The molecule has 0 unspecified atom stereocenters. The first kappa shape index (κ1) is 27.1. The minimum Gasteiger partial charge on any atom is -0.474 e. The molecule has 1 aliphatic heterocycles. The smallest absolute Gasteiger partial charge is 0.213 e. The molecule has 2 heterocycles. The van der Waals surface area contributed by atoms with Crippen molar-refractivity contribution in [3.05, 3.63) is 23.9 Å². The number of hydrogen-bond acceptors (Lipinski definition) is 5. The van der Waals surface area contributed by atoms with Crippen molar-refractivity contribution in [2.24, 2.45) is 10.9 Å². The summed E-state index contributed by atoms with van der Waals surface area (Å²) in [4.78, 5) is 11.4. The van der Waals surface area contributed by atoms with Gasteiger partial charge in [-0.3, -0.25) is 4.99 Å². The van der Waals surface area contributed by atoms with Crippen LogP contribution in [0.3, 0.4) is 0 Å². The maximum atomic E-state index is 6.15. The van der Waals surface area contributed by atoms with Gasteiger partial charge < -0.3 is 25.0 Å². The molecular formula is C24H42IN5O2. The number of guanidine groups is 1. The lowest BCUT2D eigenvalue weighted by atomic mass is 9.89. The van der Waals surface area contributed by atoms with Gasteiger partial charge in [-0.25, -0.2) is 4.98 Å². The Balaban J connectivity index is 0.00000363. The lowest BCUT2D eigenvalue weighted by Crippen LogP contribution is -2.48. The average molecular weight is 560 g/mol. The van der Waals surface area contributed by atoms with E-state index in [1.165, 1.54) is 12.8 Å². The Morgan fingerprint density at radius 1 is 1.19 bits per heavy atom. The normalized spacial score (nSPS) is 22.8. The number of methoxy groups -OCH3 is 1. The molecule has 3 rings (SSSR count). The van der Waals surface area contributed by atoms with E-state index < -0.39 is 0 Å². The minimum atomic E-state index is 0. The van der Waals surface area contributed by atoms with Gasteiger partial charge in [-0.15, -0.1) is 24.0 Å². The summed E-state index contributed by atoms with van der Waals surface area (Å²) >= 11 is 0. The van der Waals surface area contributed by atoms with Crippen molar-refractivity contribution < 1.29 is 9.47 Å². The standard InChI is InChI=1S/C24H41N5O2.HI/c1-19-5-7-22(8-6-19)31-23-17-20(9-12-26-23)18-27-24(25-2)28-21-10-14-29(15-11-21)13-4-16-30-3;/h9,12,17,19,21-22H,4-8,10-11,13-16,18H2,1-3H3,(H2,25,27,28);1H. The van der Waals surface area contributed by atoms with Crippen LogP contribution in [0.5, 0.6) is 5.88 Å². The third-order valence-corrected chi connectivity index (χ3v) is 6.48. The van der Waals surface area contributed by atoms with Gasteiger partial charge in [0.2, 0.25) is 5.88 Å². The van der Waals surface area contributed by atoms with E-state index in [0.717, 1.165) is 81.7 Å². The highest BCUT2D eigenvalue weighted by molar-refractivity contribution is 14.0. The highest BCUT2D eigenvalue weighted by atomic mass is 127. The number of aromatic nitrogens is 1. The number of nitrogens with zero attached hydrogens (tertiary/aromatic N) is 3. The lowest BCUT2D eigenvalue weighted by molar-refractivity contribution is 0.130. The maximum absolute atomic E-state index is 6.15. The first-order chi connectivity index (χ1) is 15.2. The zero-order valence-electron chi connectivity index (χ0n) is 20.0. The van der Waals surface area contributed by atoms with E-state index in [9.17, 15) is 0 Å². The molecule has 0 atom stereocenters. The van der Waals surface area contributed by atoms with Crippen molar-refractivity contribution in [3.63, 3.8) is 0 Å². The van der Waals surface area contributed by atoms with Gasteiger partial charge in [-0.2, -0.15) is 0 Å². The number of rotatable bonds is 9. The lowest BCUT2D eigenvalue weighted by Gasteiger charge is -2.33. The SMILES string of the molecule is CN=C(NCc1ccnc(OC2CCC(C)CC2)c1)NC1CCN(CCCOC)CC1.I. The predicted octanol–water partition coefficient (Wildman–Crippen LogP) is 3.82. The van der Waals surface area contributed by atoms with E-state index >= 15 is 0 Å². The summed E-state index contributed by atoms with van der Waals surface area (Å²) in [7, 11) is 3.60. The number of piperidine rings is 1. The van der Waals surface area contributed by atoms with E-state index in [-0.39, 0.29) is 24.0 Å². The van der Waals surface area contributed by atoms with E-state index in [1.54, 1.807) is 7.11 Å². The Morgan fingerprint density at radius 3 is 2.62 bits per heavy atom. The molecule has 0 aromatic carbocycles. The van der Waals surface area contributed by atoms with E-state index in [4.69, 9.17) is 9.47 Å². The Bertz CT molecular complexity index is 674. The second kappa shape index (κ2) is 14.9. The molecule has 1 saturated carbocycles. The van der Waals surface area contributed by atoms with Crippen molar-refractivity contribution in [2.75, 3.05) is 40.4 Å². The van der Waals surface area contributed by atoms with Crippen molar-refractivity contribution in [3.8, 4) is 5.88 Å². The van der Waals surface area contributed by atoms with Crippen LogP contribution in [0.25, 0.3) is 0 Å². The van der Waals surface area contributed by atoms with E-state index in [2.05, 4.69) is 38.5 Å². The zero-order chi connectivity index (χ0) is 21.9. The van der Waals surface area contributed by atoms with Gasteiger partial charge in [-0.05, 0) is 62.5 Å². The summed E-state index contributed by atoms with van der Waals surface area (Å²) in [6.45, 7) is 7.26. The summed E-state index contributed by atoms with van der Waals surface area (Å²) in [6.07, 6.45) is 10.3. The molecular weight excluding hydrogens is 517 g/mol. The molecule has 32 heavy (non-hydrogen) atoms. The van der Waals surface area contributed by atoms with Crippen LogP contribution in [0.15, 0.2) is 23.3 Å². The monoisotopic (exact) mass is 559 g/mol. The van der Waals surface area contributed by atoms with Crippen LogP contribution in [0.4, 0.5) is 0 Å². The van der Waals surface area contributed by atoms with Crippen LogP contribution < -0.4 is 15.4 Å². The van der Waals surface area contributed by atoms with Crippen molar-refractivity contribution in [1.82, 2.24) is 20.5 Å². The Morgan fingerprint density at radius 2 is 1.94 bits per heavy atom. The maximum Gasteiger partial charge on any atom is 0.213 e. The van der Waals surface area contributed by atoms with Gasteiger partial charge in [0, 0.05) is 65.2 Å². The minimum absolute atomic E-state index is 0. The molecule has 1 aromatic rings. The zero-order valence-corrected chi connectivity index (χ0v) is 22.3. The van der Waals surface area contributed by atoms with Gasteiger partial charge >= 0.3 is 0 Å². The largest absolute Gasteiger partial charge is 0.474 e. The fourth-order valence-corrected chi connectivity index (χ4v) is 4.45. The van der Waals surface area contributed by atoms with E-state index in [0.29, 0.717) is 18.7 Å². The van der Waals surface area contributed by atoms with Gasteiger partial charge in [0.05, 0.1) is 0 Å². The Hall–Kier alpha value is -1.13. The molecule has 182 valence electrons. The highest BCUT2D eigenvalue weighted by Crippen LogP contribution is 2.26. The molecule has 1 saturated heterocycles. The van der Waals surface area contributed by atoms with Crippen molar-refractivity contribution in [2.45, 2.75) is 70.6 Å². The molecule has 1 aliphatic carbocycles. The van der Waals surface area contributed by atoms with Crippen LogP contribution in [-0.4, -0.2) is 68.4 Å². The van der Waals surface area contributed by atoms with Crippen LogP contribution in [0, 0.1) is 5.92 Å². The van der Waals surface area contributed by atoms with Crippen LogP contribution >= 0.6 is 24.0 Å². The number of halogens is 1. The van der Waals surface area contributed by atoms with Gasteiger partial charge in [0.1, 0.15) is 6.10 Å². The highest BCUT2D eigenvalue weighted by Gasteiger charge is 2.21. The Kier molecular flexibility index (Phi) is 12.6. The van der Waals surface area contributed by atoms with Crippen LogP contribution in [-0.2, 0) is 11.3 Å². The van der Waals surface area contributed by atoms with Crippen molar-refractivity contribution >= 4 is 29.9 Å². The quantitative estimate of drug-likeness (QED) is 0.208. The van der Waals surface area contributed by atoms with Gasteiger partial charge in [0.25, 0.3) is 0 Å². The van der Waals surface area contributed by atoms with E-state index in [1.807, 2.05) is 19.3 Å². The third-order valence-electron chi connectivity index (χ3n) is 6.48. The number of aliphatic imine (C=N–C) groups is 1. The number of pyridine rings is 1. The molecule has 2 N–H and O–H groups in total. The third kappa shape index (κ3) is 9.39. The Labute approximate surface area is 211 Å². The second-order valence-electron chi connectivity index (χ2n) is 9.03. The fourth-order valence-electron chi connectivity index (χ4n) is 4.45. The number of likely N-dealkylation sites (tertiary alicyclic amines) is 1. The number of nitrogens with one attached hydrogen (secondary N) is 2. The summed E-state index contributed by atoms with van der Waals surface area (Å²) in [5.41, 5.74) is 1.16. The average Bonchev–Trinajstić information content (AvgIpc) is 2.79. The molecule has 2 aliphatic rings. The van der Waals surface area contributed by atoms with Crippen molar-refractivity contribution in [1.29, 1.82) is 0 Å². The van der Waals surface area contributed by atoms with Gasteiger partial charge in [-0.1, -0.05) is 6.92 Å².